The van der Waals surface area contributed by atoms with E-state index in [2.05, 4.69) is 20.9 Å². The first-order valence-electron chi connectivity index (χ1n) is 3.29. The quantitative estimate of drug-likeness (QED) is 0.718. The fraction of sp³-hybridized carbons (Fsp3) is 0.429. The van der Waals surface area contributed by atoms with Crippen LogP contribution in [0.4, 0.5) is 0 Å². The Balaban J connectivity index is 3.15. The lowest BCUT2D eigenvalue weighted by Crippen LogP contribution is -2.01. The van der Waals surface area contributed by atoms with Crippen molar-refractivity contribution in [1.82, 2.24) is 9.55 Å². The summed E-state index contributed by atoms with van der Waals surface area (Å²) in [5.74, 6) is 0.451. The van der Waals surface area contributed by atoms with Crippen LogP contribution in [0.5, 0.6) is 0 Å². The van der Waals surface area contributed by atoms with Crippen LogP contribution in [0, 0.1) is 11.3 Å². The number of imidazole rings is 1. The Bertz CT molecular complexity index is 295. The Morgan fingerprint density at radius 1 is 1.73 bits per heavy atom. The van der Waals surface area contributed by atoms with Gasteiger partial charge in [0.15, 0.2) is 0 Å². The topological polar surface area (TPSA) is 41.6 Å². The minimum atomic E-state index is 0.281. The summed E-state index contributed by atoms with van der Waals surface area (Å²) >= 11 is 3.21. The van der Waals surface area contributed by atoms with E-state index in [0.717, 1.165) is 0 Å². The van der Waals surface area contributed by atoms with Gasteiger partial charge in [-0.3, -0.25) is 0 Å². The molecule has 1 rings (SSSR count). The van der Waals surface area contributed by atoms with Crippen LogP contribution in [0.25, 0.3) is 0 Å². The Labute approximate surface area is 73.8 Å². The van der Waals surface area contributed by atoms with Gasteiger partial charge in [-0.2, -0.15) is 5.26 Å². The molecule has 0 saturated carbocycles. The van der Waals surface area contributed by atoms with E-state index in [1.807, 2.05) is 30.7 Å². The van der Waals surface area contributed by atoms with Gasteiger partial charge in [0, 0.05) is 12.2 Å². The van der Waals surface area contributed by atoms with Gasteiger partial charge in [0.2, 0.25) is 5.82 Å². The van der Waals surface area contributed by atoms with Crippen LogP contribution in [0.3, 0.4) is 0 Å². The molecule has 0 aliphatic heterocycles. The SMILES string of the molecule is CC(C)n1cc(Br)nc1C#N. The predicted octanol–water partition coefficient (Wildman–Crippen LogP) is 2.10. The van der Waals surface area contributed by atoms with Crippen molar-refractivity contribution < 1.29 is 0 Å². The molecule has 1 aromatic heterocycles. The van der Waals surface area contributed by atoms with Gasteiger partial charge >= 0.3 is 0 Å². The number of aromatic nitrogens is 2. The van der Waals surface area contributed by atoms with Crippen molar-refractivity contribution in [2.45, 2.75) is 19.9 Å². The van der Waals surface area contributed by atoms with E-state index in [4.69, 9.17) is 5.26 Å². The second kappa shape index (κ2) is 3.05. The predicted molar refractivity (Wildman–Crippen MR) is 45.0 cm³/mol. The number of nitriles is 1. The summed E-state index contributed by atoms with van der Waals surface area (Å²) < 4.78 is 2.53. The zero-order chi connectivity index (χ0) is 8.43. The second-order valence-electron chi connectivity index (χ2n) is 2.50. The first-order valence-corrected chi connectivity index (χ1v) is 4.09. The Morgan fingerprint density at radius 3 is 2.73 bits per heavy atom. The summed E-state index contributed by atoms with van der Waals surface area (Å²) in [6.07, 6.45) is 1.81. The fourth-order valence-electron chi connectivity index (χ4n) is 0.840. The maximum atomic E-state index is 8.63. The van der Waals surface area contributed by atoms with Gasteiger partial charge in [0.05, 0.1) is 0 Å². The molecule has 0 radical (unpaired) electrons. The molecule has 0 atom stereocenters. The molecule has 1 heterocycles. The summed E-state index contributed by atoms with van der Waals surface area (Å²) in [5, 5.41) is 8.63. The zero-order valence-electron chi connectivity index (χ0n) is 6.37. The first-order chi connectivity index (χ1) is 5.15. The summed E-state index contributed by atoms with van der Waals surface area (Å²) in [7, 11) is 0. The van der Waals surface area contributed by atoms with Gasteiger partial charge in [-0.15, -0.1) is 0 Å². The normalized spacial score (nSPS) is 10.1. The molecule has 0 aromatic carbocycles. The Morgan fingerprint density at radius 2 is 2.36 bits per heavy atom. The highest BCUT2D eigenvalue weighted by Gasteiger charge is 2.06. The maximum absolute atomic E-state index is 8.63. The van der Waals surface area contributed by atoms with Crippen LogP contribution in [0.1, 0.15) is 25.7 Å². The largest absolute Gasteiger partial charge is 0.319 e. The van der Waals surface area contributed by atoms with Crippen LogP contribution >= 0.6 is 15.9 Å². The molecule has 0 spiro atoms. The molecule has 11 heavy (non-hydrogen) atoms. The molecule has 0 bridgehead atoms. The molecule has 58 valence electrons. The molecule has 0 amide bonds. The third kappa shape index (κ3) is 1.60. The standard InChI is InChI=1S/C7H8BrN3/c1-5(2)11-4-6(8)10-7(11)3-9/h4-5H,1-2H3. The van der Waals surface area contributed by atoms with E-state index in [9.17, 15) is 0 Å². The average Bonchev–Trinajstić information content (AvgIpc) is 2.30. The van der Waals surface area contributed by atoms with Crippen molar-refractivity contribution in [1.29, 1.82) is 5.26 Å². The van der Waals surface area contributed by atoms with E-state index >= 15 is 0 Å². The van der Waals surface area contributed by atoms with Crippen molar-refractivity contribution in [2.24, 2.45) is 0 Å². The highest BCUT2D eigenvalue weighted by atomic mass is 79.9. The lowest BCUT2D eigenvalue weighted by atomic mass is 10.4. The van der Waals surface area contributed by atoms with Crippen molar-refractivity contribution in [2.75, 3.05) is 0 Å². The summed E-state index contributed by atoms with van der Waals surface area (Å²) in [6, 6.07) is 2.30. The van der Waals surface area contributed by atoms with Gasteiger partial charge in [0.1, 0.15) is 10.7 Å². The van der Waals surface area contributed by atoms with Crippen LogP contribution in [0.2, 0.25) is 0 Å². The molecule has 0 aliphatic carbocycles. The fourth-order valence-corrected chi connectivity index (χ4v) is 1.23. The summed E-state index contributed by atoms with van der Waals surface area (Å²) in [5.41, 5.74) is 0. The molecule has 3 nitrogen and oxygen atoms in total. The van der Waals surface area contributed by atoms with E-state index < -0.39 is 0 Å². The van der Waals surface area contributed by atoms with Crippen molar-refractivity contribution >= 4 is 15.9 Å². The molecular weight excluding hydrogens is 206 g/mol. The van der Waals surface area contributed by atoms with Gasteiger partial charge in [-0.1, -0.05) is 0 Å². The van der Waals surface area contributed by atoms with E-state index in [1.54, 1.807) is 0 Å². The number of hydrogen-bond donors (Lipinski definition) is 0. The molecular formula is C7H8BrN3. The lowest BCUT2D eigenvalue weighted by molar-refractivity contribution is 0.592. The van der Waals surface area contributed by atoms with Crippen LogP contribution in [0.15, 0.2) is 10.8 Å². The molecule has 0 fully saturated rings. The number of nitrogens with zero attached hydrogens (tertiary/aromatic N) is 3. The zero-order valence-corrected chi connectivity index (χ0v) is 7.96. The maximum Gasteiger partial charge on any atom is 0.214 e. The third-order valence-electron chi connectivity index (χ3n) is 1.36. The number of hydrogen-bond acceptors (Lipinski definition) is 2. The highest BCUT2D eigenvalue weighted by molar-refractivity contribution is 9.10. The summed E-state index contributed by atoms with van der Waals surface area (Å²) in [4.78, 5) is 3.97. The minimum Gasteiger partial charge on any atom is -0.319 e. The summed E-state index contributed by atoms with van der Waals surface area (Å²) in [6.45, 7) is 4.02. The molecule has 0 unspecified atom stereocenters. The van der Waals surface area contributed by atoms with Crippen LogP contribution in [-0.2, 0) is 0 Å². The minimum absolute atomic E-state index is 0.281. The second-order valence-corrected chi connectivity index (χ2v) is 3.31. The molecule has 1 aromatic rings. The Kier molecular flexibility index (Phi) is 2.30. The molecule has 0 aliphatic rings. The number of rotatable bonds is 1. The Hall–Kier alpha value is -0.820. The van der Waals surface area contributed by atoms with Gasteiger partial charge in [-0.25, -0.2) is 4.98 Å². The van der Waals surface area contributed by atoms with E-state index in [1.165, 1.54) is 0 Å². The monoisotopic (exact) mass is 213 g/mol. The van der Waals surface area contributed by atoms with Gasteiger partial charge in [-0.05, 0) is 29.8 Å². The smallest absolute Gasteiger partial charge is 0.214 e. The highest BCUT2D eigenvalue weighted by Crippen LogP contribution is 2.13. The van der Waals surface area contributed by atoms with Gasteiger partial charge < -0.3 is 4.57 Å². The van der Waals surface area contributed by atoms with Crippen LogP contribution in [-0.4, -0.2) is 9.55 Å². The van der Waals surface area contributed by atoms with Crippen molar-refractivity contribution in [3.05, 3.63) is 16.6 Å². The van der Waals surface area contributed by atoms with E-state index in [-0.39, 0.29) is 6.04 Å². The average molecular weight is 214 g/mol. The van der Waals surface area contributed by atoms with Crippen LogP contribution < -0.4 is 0 Å². The van der Waals surface area contributed by atoms with Gasteiger partial charge in [0.25, 0.3) is 0 Å². The van der Waals surface area contributed by atoms with E-state index in [0.29, 0.717) is 10.4 Å². The first kappa shape index (κ1) is 8.28. The van der Waals surface area contributed by atoms with Crippen molar-refractivity contribution in [3.8, 4) is 6.07 Å². The molecule has 4 heteroatoms. The van der Waals surface area contributed by atoms with Crippen molar-refractivity contribution in [3.63, 3.8) is 0 Å². The number of halogens is 1. The third-order valence-corrected chi connectivity index (χ3v) is 1.74. The lowest BCUT2D eigenvalue weighted by Gasteiger charge is -2.05. The molecule has 0 saturated heterocycles. The molecule has 0 N–H and O–H groups in total.